The maximum atomic E-state index is 13.4. The number of rotatable bonds is 1. The summed E-state index contributed by atoms with van der Waals surface area (Å²) in [6, 6.07) is 3.36. The smallest absolute Gasteiger partial charge is 1.00 e. The second-order valence-corrected chi connectivity index (χ2v) is 4.74. The summed E-state index contributed by atoms with van der Waals surface area (Å²) in [7, 11) is -4.10. The fourth-order valence-corrected chi connectivity index (χ4v) is 2.57. The molecule has 9 heteroatoms. The number of anilines is 1. The van der Waals surface area contributed by atoms with Gasteiger partial charge in [-0.25, -0.2) is 13.4 Å². The predicted octanol–water partition coefficient (Wildman–Crippen LogP) is -3.17. The van der Waals surface area contributed by atoms with Crippen LogP contribution < -0.4 is 60.4 Å². The quantitative estimate of drug-likeness (QED) is 0.533. The van der Waals surface area contributed by atoms with Gasteiger partial charge in [-0.05, 0) is 12.1 Å². The summed E-state index contributed by atoms with van der Waals surface area (Å²) in [5.74, 6) is -2.23. The monoisotopic (exact) mass is 286 g/mol. The number of carbonyl (C=O) groups excluding carboxylic acids is 1. The molecule has 1 aromatic carbocycles. The van der Waals surface area contributed by atoms with Crippen molar-refractivity contribution in [2.45, 2.75) is 0 Å². The molecule has 88 valence electrons. The zero-order valence-corrected chi connectivity index (χ0v) is 12.8. The zero-order valence-electron chi connectivity index (χ0n) is 9.84. The van der Waals surface area contributed by atoms with Gasteiger partial charge in [-0.2, -0.15) is 8.42 Å². The molecule has 1 heterocycles. The van der Waals surface area contributed by atoms with Crippen LogP contribution in [0.1, 0.15) is 1.43 Å². The summed E-state index contributed by atoms with van der Waals surface area (Å²) in [5.41, 5.74) is -0.527. The molecule has 0 aromatic heterocycles. The Kier molecular flexibility index (Phi) is 4.55. The number of nitrogens with one attached hydrogen (secondary N) is 1. The molecule has 1 saturated heterocycles. The molecule has 1 aliphatic heterocycles. The van der Waals surface area contributed by atoms with E-state index in [9.17, 15) is 22.7 Å². The van der Waals surface area contributed by atoms with E-state index in [1.807, 2.05) is 0 Å². The fourth-order valence-electron chi connectivity index (χ4n) is 1.40. The Morgan fingerprint density at radius 2 is 2.12 bits per heavy atom. The molecule has 2 rings (SSSR count). The van der Waals surface area contributed by atoms with Gasteiger partial charge in [-0.3, -0.25) is 4.79 Å². The van der Waals surface area contributed by atoms with E-state index >= 15 is 0 Å². The third-order valence-electron chi connectivity index (χ3n) is 2.04. The molecule has 0 spiro atoms. The summed E-state index contributed by atoms with van der Waals surface area (Å²) in [4.78, 5) is 10.9. The number of benzene rings is 1. The second kappa shape index (κ2) is 5.20. The number of amides is 1. The average Bonchev–Trinajstić information content (AvgIpc) is 2.39. The predicted molar refractivity (Wildman–Crippen MR) is 53.6 cm³/mol. The Labute approximate surface area is 141 Å². The Hall–Kier alpha value is -0.194. The number of carbonyl (C=O) groups is 1. The van der Waals surface area contributed by atoms with Crippen LogP contribution in [0.15, 0.2) is 18.2 Å². The van der Waals surface area contributed by atoms with E-state index in [2.05, 4.69) is 0 Å². The van der Waals surface area contributed by atoms with Crippen LogP contribution in [-0.4, -0.2) is 26.0 Å². The number of halogens is 1. The van der Waals surface area contributed by atoms with Crippen LogP contribution in [0, 0.1) is 5.82 Å². The number of aromatic hydroxyl groups is 1. The molecular weight excluding hydrogens is 278 g/mol. The van der Waals surface area contributed by atoms with Crippen molar-refractivity contribution in [1.82, 2.24) is 4.72 Å². The van der Waals surface area contributed by atoms with Gasteiger partial charge in [0.15, 0.2) is 5.82 Å². The molecule has 0 radical (unpaired) electrons. The van der Waals surface area contributed by atoms with Gasteiger partial charge >= 0.3 is 61.6 Å². The van der Waals surface area contributed by atoms with E-state index in [-0.39, 0.29) is 52.8 Å². The molecule has 2 N–H and O–H groups in total. The molecule has 17 heavy (non-hydrogen) atoms. The third-order valence-corrected chi connectivity index (χ3v) is 3.41. The first kappa shape index (κ1) is 14.9. The fraction of sp³-hybridized carbons (Fsp3) is 0.125. The third kappa shape index (κ3) is 2.80. The van der Waals surface area contributed by atoms with Crippen molar-refractivity contribution in [3.63, 3.8) is 0 Å². The van der Waals surface area contributed by atoms with Gasteiger partial charge in [-0.15, -0.1) is 0 Å². The van der Waals surface area contributed by atoms with Gasteiger partial charge in [-0.1, -0.05) is 6.07 Å². The minimum Gasteiger partial charge on any atom is -1.00 e. The van der Waals surface area contributed by atoms with Crippen LogP contribution in [0.4, 0.5) is 10.1 Å². The van der Waals surface area contributed by atoms with E-state index in [1.54, 1.807) is 4.72 Å². The topological polar surface area (TPSA) is 86.7 Å². The van der Waals surface area contributed by atoms with Crippen LogP contribution in [0.5, 0.6) is 5.75 Å². The number of phenols is 1. The molecule has 0 saturated carbocycles. The van der Waals surface area contributed by atoms with Crippen molar-refractivity contribution in [2.75, 3.05) is 10.8 Å². The second-order valence-electron chi connectivity index (χ2n) is 3.14. The van der Waals surface area contributed by atoms with Crippen LogP contribution in [0.2, 0.25) is 0 Å². The molecule has 0 aliphatic carbocycles. The normalized spacial score (nSPS) is 17.5. The van der Waals surface area contributed by atoms with E-state index in [0.29, 0.717) is 4.31 Å². The number of phenolic OH excluding ortho intramolecular Hbond substituents is 1. The summed E-state index contributed by atoms with van der Waals surface area (Å²) >= 11 is 0. The van der Waals surface area contributed by atoms with Gasteiger partial charge < -0.3 is 6.53 Å². The molecular formula is C8H8FKN2O4S. The van der Waals surface area contributed by atoms with Crippen molar-refractivity contribution in [1.29, 1.82) is 0 Å². The van der Waals surface area contributed by atoms with Gasteiger partial charge in [0, 0.05) is 0 Å². The Balaban J connectivity index is 0.00000144. The molecule has 0 unspecified atom stereocenters. The minimum absolute atomic E-state index is 0. The molecule has 1 fully saturated rings. The standard InChI is InChI=1S/C8H7FN2O4S.K.H/c9-5-2-1-3-6(12)8(5)11-4-7(13)10-16(11,14)15;;/h1-3,12H,4H2,(H,10,13);;/q;+1;-1. The SMILES string of the molecule is O=C1CN(c2c(O)cccc2F)S(=O)(=O)N1.[H-].[K+]. The maximum absolute atomic E-state index is 13.4. The first-order valence-electron chi connectivity index (χ1n) is 4.22. The van der Waals surface area contributed by atoms with Gasteiger partial charge in [0.05, 0.1) is 0 Å². The summed E-state index contributed by atoms with van der Waals surface area (Å²) < 4.78 is 38.3. The van der Waals surface area contributed by atoms with Crippen LogP contribution in [0.25, 0.3) is 0 Å². The largest absolute Gasteiger partial charge is 1.00 e. The number of hydrogen-bond donors (Lipinski definition) is 2. The summed E-state index contributed by atoms with van der Waals surface area (Å²) in [5, 5.41) is 9.39. The van der Waals surface area contributed by atoms with E-state index < -0.39 is 39.9 Å². The van der Waals surface area contributed by atoms with Crippen molar-refractivity contribution in [3.8, 4) is 5.75 Å². The van der Waals surface area contributed by atoms with E-state index in [4.69, 9.17) is 0 Å². The van der Waals surface area contributed by atoms with Crippen LogP contribution >= 0.6 is 0 Å². The first-order valence-corrected chi connectivity index (χ1v) is 5.66. The minimum atomic E-state index is -4.10. The van der Waals surface area contributed by atoms with Gasteiger partial charge in [0.1, 0.15) is 18.0 Å². The number of para-hydroxylation sites is 1. The van der Waals surface area contributed by atoms with Crippen LogP contribution in [0.3, 0.4) is 0 Å². The average molecular weight is 286 g/mol. The van der Waals surface area contributed by atoms with E-state index in [1.165, 1.54) is 6.07 Å². The molecule has 0 bridgehead atoms. The molecule has 1 aromatic rings. The van der Waals surface area contributed by atoms with Crippen molar-refractivity contribution in [2.24, 2.45) is 0 Å². The Morgan fingerprint density at radius 1 is 1.47 bits per heavy atom. The number of nitrogens with zero attached hydrogens (tertiary/aromatic N) is 1. The first-order chi connectivity index (χ1) is 7.42. The number of hydrogen-bond acceptors (Lipinski definition) is 4. The Bertz CT molecular complexity index is 548. The summed E-state index contributed by atoms with van der Waals surface area (Å²) in [6.45, 7) is -0.545. The maximum Gasteiger partial charge on any atom is 1.00 e. The summed E-state index contributed by atoms with van der Waals surface area (Å²) in [6.07, 6.45) is 0. The Morgan fingerprint density at radius 3 is 2.59 bits per heavy atom. The molecule has 0 atom stereocenters. The van der Waals surface area contributed by atoms with E-state index in [0.717, 1.165) is 12.1 Å². The molecule has 6 nitrogen and oxygen atoms in total. The molecule has 1 amide bonds. The van der Waals surface area contributed by atoms with Crippen LogP contribution in [-0.2, 0) is 15.0 Å². The van der Waals surface area contributed by atoms with Crippen molar-refractivity contribution < 1.29 is 75.5 Å². The van der Waals surface area contributed by atoms with Crippen molar-refractivity contribution in [3.05, 3.63) is 24.0 Å². The van der Waals surface area contributed by atoms with Gasteiger partial charge in [0.2, 0.25) is 0 Å². The molecule has 1 aliphatic rings. The zero-order chi connectivity index (χ0) is 11.9. The van der Waals surface area contributed by atoms with Gasteiger partial charge in [0.25, 0.3) is 5.91 Å². The van der Waals surface area contributed by atoms with Crippen molar-refractivity contribution >= 4 is 21.8 Å².